The monoisotopic (exact) mass is 1690 g/mol. The molecule has 0 N–H and O–H groups in total. The highest BCUT2D eigenvalue weighted by molar-refractivity contribution is 7.26. The Morgan fingerprint density at radius 2 is 0.415 bits per heavy atom. The summed E-state index contributed by atoms with van der Waals surface area (Å²) >= 11 is 3.69. The second-order valence-corrected chi connectivity index (χ2v) is 35.0. The van der Waals surface area contributed by atoms with Crippen molar-refractivity contribution in [3.05, 3.63) is 449 Å². The van der Waals surface area contributed by atoms with Gasteiger partial charge < -0.3 is 9.13 Å². The van der Waals surface area contributed by atoms with Crippen LogP contribution in [0.5, 0.6) is 0 Å². The van der Waals surface area contributed by atoms with Crippen LogP contribution in [0, 0.1) is 0 Å². The fraction of sp³-hybridized carbons (Fsp3) is 0. The Hall–Kier alpha value is -16.9. The maximum atomic E-state index is 5.28. The van der Waals surface area contributed by atoms with Crippen LogP contribution in [0.2, 0.25) is 0 Å². The number of benzene rings is 18. The number of hydrogen-bond acceptors (Lipinski definition) is 8. The van der Waals surface area contributed by atoms with Crippen LogP contribution in [0.4, 0.5) is 0 Å². The van der Waals surface area contributed by atoms with E-state index in [-0.39, 0.29) is 0 Å². The average Bonchev–Trinajstić information content (AvgIpc) is 1.54. The molecule has 130 heavy (non-hydrogen) atoms. The summed E-state index contributed by atoms with van der Waals surface area (Å²) in [5.41, 5.74) is 29.2. The molecule has 0 atom stereocenters. The zero-order valence-electron chi connectivity index (χ0n) is 70.0. The van der Waals surface area contributed by atoms with E-state index in [1.807, 2.05) is 46.9 Å². The molecule has 0 radical (unpaired) electrons. The lowest BCUT2D eigenvalue weighted by Gasteiger charge is -2.13. The zero-order chi connectivity index (χ0) is 85.7. The summed E-state index contributed by atoms with van der Waals surface area (Å²) in [4.78, 5) is 31.3. The molecule has 0 bridgehead atoms. The third-order valence-corrected chi connectivity index (χ3v) is 27.5. The molecule has 608 valence electrons. The number of hydrogen-bond donors (Lipinski definition) is 0. The van der Waals surface area contributed by atoms with Gasteiger partial charge in [-0.05, 0) is 180 Å². The Morgan fingerprint density at radius 3 is 0.808 bits per heavy atom. The highest BCUT2D eigenvalue weighted by Gasteiger charge is 2.23. The molecule has 0 aliphatic heterocycles. The summed E-state index contributed by atoms with van der Waals surface area (Å²) in [7, 11) is 0. The Morgan fingerprint density at radius 1 is 0.154 bits per heavy atom. The van der Waals surface area contributed by atoms with Crippen molar-refractivity contribution in [3.8, 4) is 136 Å². The minimum Gasteiger partial charge on any atom is -0.309 e. The molecular formula is C118H74N10S2. The second kappa shape index (κ2) is 31.6. The van der Waals surface area contributed by atoms with Crippen molar-refractivity contribution in [3.63, 3.8) is 0 Å². The fourth-order valence-corrected chi connectivity index (χ4v) is 21.0. The van der Waals surface area contributed by atoms with Crippen LogP contribution < -0.4 is 0 Å². The quantitative estimate of drug-likeness (QED) is 0.108. The van der Waals surface area contributed by atoms with Gasteiger partial charge in [-0.3, -0.25) is 9.13 Å². The topological polar surface area (TPSA) is 97.1 Å². The molecule has 0 aliphatic rings. The molecule has 0 saturated carbocycles. The standard InChI is InChI=1S/2C59H37N5S/c1-2-12-42(13-3-1)59-62-50-17-7-10-20-55(50)64(59)45-33-28-41(29-34-45)58-60-51(39-24-22-38(23-25-39)43-30-35-57-49(36-43)48-16-6-11-21-56(48)65-57)37-52(61-58)40-26-31-44(32-27-40)63-53-18-8-4-14-46(53)47-15-5-9-19-54(47)63;1-2-12-44(13-3-1)64-55-20-10-7-17-50(55)62-59(64)42-28-26-41(27-29-42)58-60-51(39-24-22-38(23-25-39)43-32-35-57-49(36-43)48-16-6-11-21-56(48)65-57)37-52(61-58)40-30-33-45(34-31-40)63-53-18-8-4-14-46(53)47-15-5-9-19-54(47)63/h2*1-37H. The predicted molar refractivity (Wildman–Crippen MR) is 542 cm³/mol. The zero-order valence-corrected chi connectivity index (χ0v) is 71.6. The number of imidazole rings is 2. The second-order valence-electron chi connectivity index (χ2n) is 32.9. The van der Waals surface area contributed by atoms with E-state index >= 15 is 0 Å². The van der Waals surface area contributed by atoms with E-state index in [0.29, 0.717) is 11.6 Å². The molecule has 10 nitrogen and oxygen atoms in total. The molecule has 0 unspecified atom stereocenters. The summed E-state index contributed by atoms with van der Waals surface area (Å²) in [6.45, 7) is 0. The van der Waals surface area contributed by atoms with Gasteiger partial charge in [-0.1, -0.05) is 291 Å². The normalized spacial score (nSPS) is 11.7. The number of rotatable bonds is 14. The van der Waals surface area contributed by atoms with Crippen molar-refractivity contribution in [2.45, 2.75) is 0 Å². The summed E-state index contributed by atoms with van der Waals surface area (Å²) in [6, 6.07) is 159. The van der Waals surface area contributed by atoms with E-state index in [2.05, 4.69) is 443 Å². The first-order valence-corrected chi connectivity index (χ1v) is 45.3. The number of thiophene rings is 2. The van der Waals surface area contributed by atoms with Gasteiger partial charge in [0, 0.05) is 129 Å². The summed E-state index contributed by atoms with van der Waals surface area (Å²) in [5.74, 6) is 3.10. The van der Waals surface area contributed by atoms with Gasteiger partial charge in [0.15, 0.2) is 11.6 Å². The molecule has 0 saturated heterocycles. The Balaban J connectivity index is 0.000000140. The van der Waals surface area contributed by atoms with E-state index in [4.69, 9.17) is 29.9 Å². The maximum Gasteiger partial charge on any atom is 0.160 e. The Bertz CT molecular complexity index is 8760. The Labute approximate surface area is 755 Å². The van der Waals surface area contributed by atoms with Crippen LogP contribution in [0.3, 0.4) is 0 Å². The molecule has 0 amide bonds. The van der Waals surface area contributed by atoms with E-state index in [1.165, 1.54) is 101 Å². The van der Waals surface area contributed by atoms with Crippen LogP contribution in [-0.2, 0) is 0 Å². The summed E-state index contributed by atoms with van der Waals surface area (Å²) in [5, 5.41) is 10.2. The molecule has 8 aromatic heterocycles. The van der Waals surface area contributed by atoms with E-state index < -0.39 is 0 Å². The van der Waals surface area contributed by atoms with Gasteiger partial charge >= 0.3 is 0 Å². The van der Waals surface area contributed by atoms with E-state index in [1.54, 1.807) is 0 Å². The van der Waals surface area contributed by atoms with Crippen molar-refractivity contribution >= 4 is 129 Å². The largest absolute Gasteiger partial charge is 0.309 e. The molecular weight excluding hydrogens is 1620 g/mol. The van der Waals surface area contributed by atoms with Gasteiger partial charge in [-0.25, -0.2) is 29.9 Å². The minimum absolute atomic E-state index is 0.658. The van der Waals surface area contributed by atoms with Crippen LogP contribution in [0.1, 0.15) is 0 Å². The first-order valence-electron chi connectivity index (χ1n) is 43.7. The van der Waals surface area contributed by atoms with Crippen LogP contribution in [0.15, 0.2) is 449 Å². The van der Waals surface area contributed by atoms with Crippen LogP contribution in [0.25, 0.3) is 242 Å². The molecule has 0 aliphatic carbocycles. The number of nitrogens with zero attached hydrogens (tertiary/aromatic N) is 10. The van der Waals surface area contributed by atoms with Crippen molar-refractivity contribution < 1.29 is 0 Å². The van der Waals surface area contributed by atoms with E-state index in [9.17, 15) is 0 Å². The lowest BCUT2D eigenvalue weighted by Crippen LogP contribution is -1.99. The first-order chi connectivity index (χ1) is 64.4. The number of aromatic nitrogens is 10. The van der Waals surface area contributed by atoms with Gasteiger partial charge in [0.2, 0.25) is 0 Å². The lowest BCUT2D eigenvalue weighted by atomic mass is 10.00. The van der Waals surface area contributed by atoms with Crippen molar-refractivity contribution in [2.24, 2.45) is 0 Å². The molecule has 26 rings (SSSR count). The smallest absolute Gasteiger partial charge is 0.160 e. The van der Waals surface area contributed by atoms with Gasteiger partial charge in [-0.15, -0.1) is 22.7 Å². The highest BCUT2D eigenvalue weighted by Crippen LogP contribution is 2.43. The van der Waals surface area contributed by atoms with E-state index in [0.717, 1.165) is 129 Å². The summed E-state index contributed by atoms with van der Waals surface area (Å²) in [6.07, 6.45) is 0. The van der Waals surface area contributed by atoms with Gasteiger partial charge in [0.1, 0.15) is 11.6 Å². The number of fused-ring (bicyclic) bond motifs is 14. The molecule has 26 aromatic rings. The minimum atomic E-state index is 0.658. The number of para-hydroxylation sites is 9. The molecule has 12 heteroatoms. The van der Waals surface area contributed by atoms with Gasteiger partial charge in [0.05, 0.1) is 66.9 Å². The predicted octanol–water partition coefficient (Wildman–Crippen LogP) is 31.2. The van der Waals surface area contributed by atoms with Gasteiger partial charge in [-0.2, -0.15) is 0 Å². The SMILES string of the molecule is c1ccc(-c2nc3ccccc3n2-c2ccc(-c3nc(-c4ccc(-c5ccc6sc7ccccc7c6c5)cc4)cc(-c4ccc(-n5c6ccccc6c6ccccc65)cc4)n3)cc2)cc1.c1ccc(-n2c(-c3ccc(-c4nc(-c5ccc(-c6ccc7sc8ccccc8c7c6)cc5)cc(-c5ccc(-n6c7ccccc7c7ccccc76)cc5)n4)cc3)nc3ccccc32)cc1. The molecule has 0 fully saturated rings. The third-order valence-electron chi connectivity index (χ3n) is 25.2. The van der Waals surface area contributed by atoms with Crippen molar-refractivity contribution in [2.75, 3.05) is 0 Å². The first kappa shape index (κ1) is 75.6. The van der Waals surface area contributed by atoms with Crippen LogP contribution >= 0.6 is 22.7 Å². The molecule has 0 spiro atoms. The highest BCUT2D eigenvalue weighted by atomic mass is 32.1. The maximum absolute atomic E-state index is 5.28. The van der Waals surface area contributed by atoms with Crippen molar-refractivity contribution in [1.82, 2.24) is 48.2 Å². The van der Waals surface area contributed by atoms with Gasteiger partial charge in [0.25, 0.3) is 0 Å². The fourth-order valence-electron chi connectivity index (χ4n) is 18.8. The Kier molecular flexibility index (Phi) is 18.4. The summed E-state index contributed by atoms with van der Waals surface area (Å²) < 4.78 is 14.4. The lowest BCUT2D eigenvalue weighted by molar-refractivity contribution is 1.10. The molecule has 8 heterocycles. The third kappa shape index (κ3) is 13.4. The average molecular weight is 1700 g/mol. The van der Waals surface area contributed by atoms with Crippen molar-refractivity contribution in [1.29, 1.82) is 0 Å². The van der Waals surface area contributed by atoms with Crippen LogP contribution in [-0.4, -0.2) is 48.2 Å². The molecule has 18 aromatic carbocycles.